The summed E-state index contributed by atoms with van der Waals surface area (Å²) in [5, 5.41) is 31.5. The van der Waals surface area contributed by atoms with Gasteiger partial charge in [0.1, 0.15) is 29.9 Å². The number of hydrogen-bond donors (Lipinski definition) is 3. The van der Waals surface area contributed by atoms with Gasteiger partial charge in [-0.3, -0.25) is 9.59 Å². The number of ketones is 2. The minimum atomic E-state index is -0.922. The van der Waals surface area contributed by atoms with Crippen LogP contribution in [0.1, 0.15) is 104 Å². The Hall–Kier alpha value is -1.54. The quantitative estimate of drug-likeness (QED) is 0.360. The van der Waals surface area contributed by atoms with Gasteiger partial charge in [0.05, 0.1) is 73.8 Å². The maximum Gasteiger partial charge on any atom is 0.135 e. The highest BCUT2D eigenvalue weighted by Gasteiger charge is 2.56. The number of carbonyl (C=O) groups excluding carboxylic acids is 2. The van der Waals surface area contributed by atoms with Crippen LogP contribution in [-0.2, 0) is 38.0 Å². The van der Waals surface area contributed by atoms with Crippen molar-refractivity contribution in [3.8, 4) is 0 Å². The molecular formula is C41H62O11. The van der Waals surface area contributed by atoms with Crippen molar-refractivity contribution < 1.29 is 53.3 Å². The third kappa shape index (κ3) is 8.19. The fourth-order valence-electron chi connectivity index (χ4n) is 10.4. The molecule has 8 bridgehead atoms. The highest BCUT2D eigenvalue weighted by atomic mass is 16.6. The molecule has 18 atom stereocenters. The molecule has 7 aliphatic rings. The lowest BCUT2D eigenvalue weighted by molar-refractivity contribution is -0.256. The lowest BCUT2D eigenvalue weighted by Gasteiger charge is -2.46. The Morgan fingerprint density at radius 1 is 0.692 bits per heavy atom. The lowest BCUT2D eigenvalue weighted by Crippen LogP contribution is -2.60. The third-order valence-electron chi connectivity index (χ3n) is 13.7. The summed E-state index contributed by atoms with van der Waals surface area (Å²) in [6.07, 6.45) is 1.93. The van der Waals surface area contributed by atoms with E-state index in [0.29, 0.717) is 44.9 Å². The summed E-state index contributed by atoms with van der Waals surface area (Å²) < 4.78 is 39.1. The monoisotopic (exact) mass is 730 g/mol. The van der Waals surface area contributed by atoms with Gasteiger partial charge in [0, 0.05) is 44.4 Å². The molecule has 0 spiro atoms. The van der Waals surface area contributed by atoms with E-state index in [0.717, 1.165) is 36.8 Å². The molecule has 0 aromatic rings. The second-order valence-electron chi connectivity index (χ2n) is 17.3. The van der Waals surface area contributed by atoms with Gasteiger partial charge in [-0.25, -0.2) is 0 Å². The average molecular weight is 731 g/mol. The molecule has 7 heterocycles. The number of rotatable bonds is 3. The number of ether oxygens (including phenoxy) is 6. The van der Waals surface area contributed by atoms with Crippen molar-refractivity contribution in [1.29, 1.82) is 0 Å². The molecular weight excluding hydrogens is 668 g/mol. The molecule has 0 aliphatic carbocycles. The van der Waals surface area contributed by atoms with E-state index in [2.05, 4.69) is 27.0 Å². The fraction of sp³-hybridized carbons (Fsp3) is 0.854. The minimum Gasteiger partial charge on any atom is -0.394 e. The van der Waals surface area contributed by atoms with Crippen molar-refractivity contribution in [2.45, 2.75) is 190 Å². The molecule has 0 aromatic heterocycles. The molecule has 7 fully saturated rings. The van der Waals surface area contributed by atoms with Gasteiger partial charge < -0.3 is 43.7 Å². The summed E-state index contributed by atoms with van der Waals surface area (Å²) in [6, 6.07) is 0. The fourth-order valence-corrected chi connectivity index (χ4v) is 10.4. The first kappa shape index (κ1) is 38.7. The largest absolute Gasteiger partial charge is 0.394 e. The molecule has 0 radical (unpaired) electrons. The number of Topliss-reactive ketones (excluding diaryl/α,β-unsaturated/α-hetero) is 2. The van der Waals surface area contributed by atoms with E-state index in [1.807, 2.05) is 6.92 Å². The zero-order valence-corrected chi connectivity index (χ0v) is 31.3. The Bertz CT molecular complexity index is 1320. The Morgan fingerprint density at radius 2 is 1.42 bits per heavy atom. The number of carbonyl (C=O) groups is 2. The van der Waals surface area contributed by atoms with Crippen LogP contribution in [0.4, 0.5) is 0 Å². The number of aliphatic hydroxyl groups is 3. The first-order valence-corrected chi connectivity index (χ1v) is 20.2. The molecule has 7 rings (SSSR count). The molecule has 3 unspecified atom stereocenters. The second kappa shape index (κ2) is 16.3. The smallest absolute Gasteiger partial charge is 0.135 e. The normalized spacial score (nSPS) is 48.4. The highest BCUT2D eigenvalue weighted by Crippen LogP contribution is 2.45. The maximum atomic E-state index is 13.8. The Labute approximate surface area is 308 Å². The first-order chi connectivity index (χ1) is 24.9. The molecule has 7 saturated heterocycles. The van der Waals surface area contributed by atoms with Crippen molar-refractivity contribution in [2.75, 3.05) is 6.61 Å². The molecule has 0 amide bonds. The molecule has 0 aromatic carbocycles. The topological polar surface area (TPSA) is 150 Å². The zero-order valence-electron chi connectivity index (χ0n) is 31.3. The van der Waals surface area contributed by atoms with Crippen LogP contribution in [-0.4, -0.2) is 119 Å². The van der Waals surface area contributed by atoms with E-state index in [-0.39, 0.29) is 116 Å². The molecule has 11 nitrogen and oxygen atoms in total. The van der Waals surface area contributed by atoms with Gasteiger partial charge in [-0.15, -0.1) is 0 Å². The first-order valence-electron chi connectivity index (χ1n) is 20.2. The summed E-state index contributed by atoms with van der Waals surface area (Å²) in [4.78, 5) is 27.1. The van der Waals surface area contributed by atoms with Crippen molar-refractivity contribution in [1.82, 2.24) is 0 Å². The molecule has 3 N–H and O–H groups in total. The molecule has 0 saturated carbocycles. The van der Waals surface area contributed by atoms with Crippen LogP contribution in [0.2, 0.25) is 0 Å². The van der Waals surface area contributed by atoms with Crippen LogP contribution < -0.4 is 0 Å². The van der Waals surface area contributed by atoms with E-state index >= 15 is 0 Å². The van der Waals surface area contributed by atoms with Crippen molar-refractivity contribution in [3.63, 3.8) is 0 Å². The second-order valence-corrected chi connectivity index (χ2v) is 17.3. The van der Waals surface area contributed by atoms with Gasteiger partial charge in [0.25, 0.3) is 0 Å². The number of fused-ring (bicyclic) bond motifs is 7. The van der Waals surface area contributed by atoms with Crippen LogP contribution in [0, 0.1) is 23.7 Å². The van der Waals surface area contributed by atoms with Crippen LogP contribution in [0.3, 0.4) is 0 Å². The minimum absolute atomic E-state index is 0.0158. The summed E-state index contributed by atoms with van der Waals surface area (Å²) in [5.74, 6) is 0.265. The summed E-state index contributed by atoms with van der Waals surface area (Å²) in [6.45, 7) is 14.7. The molecule has 292 valence electrons. The van der Waals surface area contributed by atoms with E-state index in [4.69, 9.17) is 28.4 Å². The van der Waals surface area contributed by atoms with Crippen LogP contribution in [0.25, 0.3) is 0 Å². The molecule has 52 heavy (non-hydrogen) atoms. The Balaban J connectivity index is 1.10. The van der Waals surface area contributed by atoms with Gasteiger partial charge >= 0.3 is 0 Å². The average Bonchev–Trinajstić information content (AvgIpc) is 3.73. The zero-order chi connectivity index (χ0) is 36.8. The molecule has 11 heteroatoms. The van der Waals surface area contributed by atoms with Crippen molar-refractivity contribution in [2.24, 2.45) is 23.7 Å². The predicted molar refractivity (Wildman–Crippen MR) is 190 cm³/mol. The summed E-state index contributed by atoms with van der Waals surface area (Å²) >= 11 is 0. The van der Waals surface area contributed by atoms with E-state index in [1.54, 1.807) is 0 Å². The van der Waals surface area contributed by atoms with E-state index in [9.17, 15) is 24.9 Å². The maximum absolute atomic E-state index is 13.8. The van der Waals surface area contributed by atoms with Crippen LogP contribution >= 0.6 is 0 Å². The number of hydrogen-bond acceptors (Lipinski definition) is 11. The Kier molecular flexibility index (Phi) is 12.1. The van der Waals surface area contributed by atoms with Gasteiger partial charge in [-0.2, -0.15) is 0 Å². The van der Waals surface area contributed by atoms with E-state index in [1.165, 1.54) is 0 Å². The standard InChI is InChI=1S/C41H62O11/c1-20-12-29-8-10-32-21(2)13-28(47-32)7-6-25(43)16-35-24(5)39-41(52-35)38(46)40-33(51-39)11-9-30(49-40)14-26(44)15-31-23(4)34(17-27(45)19-42)50-37(31)18-36(48-29)22(20)3/h20,23-24,27-42,45-46H,2-3,6-19H2,1,4-5H3/t20-,23-,24+,27+,28+,29+,30-,31?,32?,33+,34-,35+,36?,37+,38+,39+,40+,41+/m1/s1. The lowest BCUT2D eigenvalue weighted by atomic mass is 9.78. The third-order valence-corrected chi connectivity index (χ3v) is 13.7. The van der Waals surface area contributed by atoms with Crippen molar-refractivity contribution >= 4 is 11.6 Å². The van der Waals surface area contributed by atoms with Gasteiger partial charge in [0.15, 0.2) is 0 Å². The predicted octanol–water partition coefficient (Wildman–Crippen LogP) is 4.16. The van der Waals surface area contributed by atoms with Gasteiger partial charge in [-0.1, -0.05) is 33.9 Å². The molecule has 7 aliphatic heterocycles. The SMILES string of the molecule is C=C1C[C@@H]2CCC(=O)C[C@@H]3O[C@H]4[C@@H](O)[C@H]5O[C@H](CC[C@@H]5O[C@H]4[C@H]3C)CC(=O)CC3[C@H](CC4O[C@@H](CCC1O2)C[C@@H](C)C4=C)O[C@H](C[C@H](O)CO)[C@@H]3C. The van der Waals surface area contributed by atoms with Gasteiger partial charge in [0.2, 0.25) is 0 Å². The number of aliphatic hydroxyl groups excluding tert-OH is 3. The van der Waals surface area contributed by atoms with Crippen LogP contribution in [0.15, 0.2) is 24.3 Å². The van der Waals surface area contributed by atoms with Gasteiger partial charge in [-0.05, 0) is 73.8 Å². The summed E-state index contributed by atoms with van der Waals surface area (Å²) in [5.41, 5.74) is 2.10. The summed E-state index contributed by atoms with van der Waals surface area (Å²) in [7, 11) is 0. The Morgan fingerprint density at radius 3 is 2.21 bits per heavy atom. The van der Waals surface area contributed by atoms with E-state index < -0.39 is 24.4 Å². The van der Waals surface area contributed by atoms with Crippen LogP contribution in [0.5, 0.6) is 0 Å². The highest BCUT2D eigenvalue weighted by molar-refractivity contribution is 5.79. The van der Waals surface area contributed by atoms with Crippen molar-refractivity contribution in [3.05, 3.63) is 24.3 Å².